The summed E-state index contributed by atoms with van der Waals surface area (Å²) in [6.45, 7) is 2.09. The predicted molar refractivity (Wildman–Crippen MR) is 60.2 cm³/mol. The topological polar surface area (TPSA) is 55.4 Å². The maximum absolute atomic E-state index is 11.1. The van der Waals surface area contributed by atoms with Crippen LogP contribution in [0.4, 0.5) is 0 Å². The first kappa shape index (κ1) is 12.2. The molecule has 0 radical (unpaired) electrons. The molecule has 1 aromatic rings. The van der Waals surface area contributed by atoms with Crippen LogP contribution in [0.5, 0.6) is 0 Å². The average molecular weight is 221 g/mol. The van der Waals surface area contributed by atoms with Gasteiger partial charge in [-0.05, 0) is 24.1 Å². The Balaban J connectivity index is 2.51. The number of carbonyl (C=O) groups excluding carboxylic acids is 2. The molecule has 86 valence electrons. The van der Waals surface area contributed by atoms with E-state index >= 15 is 0 Å². The van der Waals surface area contributed by atoms with Gasteiger partial charge in [-0.2, -0.15) is 0 Å². The second-order valence-corrected chi connectivity index (χ2v) is 3.42. The van der Waals surface area contributed by atoms with Gasteiger partial charge >= 0.3 is 5.97 Å². The number of esters is 1. The van der Waals surface area contributed by atoms with Crippen LogP contribution in [0, 0.1) is 0 Å². The highest BCUT2D eigenvalue weighted by Crippen LogP contribution is 2.05. The average Bonchev–Trinajstić information content (AvgIpc) is 2.28. The van der Waals surface area contributed by atoms with Gasteiger partial charge in [0.25, 0.3) is 0 Å². The summed E-state index contributed by atoms with van der Waals surface area (Å²) in [5, 5.41) is 2.71. The lowest BCUT2D eigenvalue weighted by Gasteiger charge is -2.03. The quantitative estimate of drug-likeness (QED) is 0.776. The van der Waals surface area contributed by atoms with E-state index in [1.807, 2.05) is 12.1 Å². The molecule has 0 saturated carbocycles. The second kappa shape index (κ2) is 5.90. The lowest BCUT2D eigenvalue weighted by atomic mass is 10.1. The van der Waals surface area contributed by atoms with E-state index in [-0.39, 0.29) is 11.9 Å². The molecule has 16 heavy (non-hydrogen) atoms. The number of nitrogens with one attached hydrogen (secondary N) is 1. The number of methoxy groups -OCH3 is 1. The molecule has 1 amide bonds. The van der Waals surface area contributed by atoms with E-state index in [1.165, 1.54) is 14.0 Å². The van der Waals surface area contributed by atoms with Crippen molar-refractivity contribution in [1.82, 2.24) is 5.32 Å². The third kappa shape index (κ3) is 3.73. The zero-order chi connectivity index (χ0) is 12.0. The molecule has 0 unspecified atom stereocenters. The highest BCUT2D eigenvalue weighted by Gasteiger charge is 2.03. The molecule has 0 bridgehead atoms. The molecule has 0 fully saturated rings. The first-order valence-corrected chi connectivity index (χ1v) is 5.05. The minimum atomic E-state index is -0.339. The Hall–Kier alpha value is -1.84. The molecule has 1 N–H and O–H groups in total. The predicted octanol–water partition coefficient (Wildman–Crippen LogP) is 1.15. The molecule has 4 heteroatoms. The van der Waals surface area contributed by atoms with E-state index in [0.717, 1.165) is 12.0 Å². The lowest BCUT2D eigenvalue weighted by molar-refractivity contribution is -0.118. The van der Waals surface area contributed by atoms with Gasteiger partial charge in [-0.25, -0.2) is 4.79 Å². The van der Waals surface area contributed by atoms with Crippen LogP contribution >= 0.6 is 0 Å². The number of rotatable bonds is 4. The van der Waals surface area contributed by atoms with Gasteiger partial charge in [-0.3, -0.25) is 4.79 Å². The molecule has 0 spiro atoms. The van der Waals surface area contributed by atoms with Crippen LogP contribution in [0.2, 0.25) is 0 Å². The molecule has 1 rings (SSSR count). The van der Waals surface area contributed by atoms with Crippen LogP contribution in [0.3, 0.4) is 0 Å². The third-order valence-corrected chi connectivity index (χ3v) is 2.16. The van der Waals surface area contributed by atoms with Gasteiger partial charge in [-0.1, -0.05) is 12.1 Å². The molecule has 1 aromatic carbocycles. The fourth-order valence-corrected chi connectivity index (χ4v) is 1.31. The summed E-state index contributed by atoms with van der Waals surface area (Å²) in [6.07, 6.45) is 0.751. The maximum atomic E-state index is 11.1. The van der Waals surface area contributed by atoms with Gasteiger partial charge in [0.2, 0.25) is 5.91 Å². The van der Waals surface area contributed by atoms with Gasteiger partial charge in [0.1, 0.15) is 0 Å². The fourth-order valence-electron chi connectivity index (χ4n) is 1.31. The highest BCUT2D eigenvalue weighted by atomic mass is 16.5. The van der Waals surface area contributed by atoms with E-state index in [2.05, 4.69) is 10.1 Å². The summed E-state index contributed by atoms with van der Waals surface area (Å²) in [7, 11) is 1.35. The van der Waals surface area contributed by atoms with E-state index in [9.17, 15) is 9.59 Å². The van der Waals surface area contributed by atoms with Crippen molar-refractivity contribution >= 4 is 11.9 Å². The Bertz CT molecular complexity index is 370. The van der Waals surface area contributed by atoms with E-state index < -0.39 is 0 Å². The molecular weight excluding hydrogens is 206 g/mol. The lowest BCUT2D eigenvalue weighted by Crippen LogP contribution is -2.22. The van der Waals surface area contributed by atoms with Crippen molar-refractivity contribution in [2.75, 3.05) is 13.7 Å². The Morgan fingerprint density at radius 1 is 1.25 bits per heavy atom. The van der Waals surface area contributed by atoms with Crippen molar-refractivity contribution < 1.29 is 14.3 Å². The van der Waals surface area contributed by atoms with Crippen molar-refractivity contribution in [2.24, 2.45) is 0 Å². The Morgan fingerprint density at radius 3 is 2.38 bits per heavy atom. The van der Waals surface area contributed by atoms with Gasteiger partial charge < -0.3 is 10.1 Å². The number of ether oxygens (including phenoxy) is 1. The van der Waals surface area contributed by atoms with E-state index in [4.69, 9.17) is 0 Å². The zero-order valence-corrected chi connectivity index (χ0v) is 9.45. The minimum absolute atomic E-state index is 0.0359. The summed E-state index contributed by atoms with van der Waals surface area (Å²) in [5.74, 6) is -0.375. The minimum Gasteiger partial charge on any atom is -0.465 e. The molecule has 0 atom stereocenters. The fraction of sp³-hybridized carbons (Fsp3) is 0.333. The van der Waals surface area contributed by atoms with Gasteiger partial charge in [0.05, 0.1) is 12.7 Å². The van der Waals surface area contributed by atoms with Gasteiger partial charge in [0, 0.05) is 13.5 Å². The van der Waals surface area contributed by atoms with Crippen LogP contribution < -0.4 is 5.32 Å². The molecule has 0 aliphatic heterocycles. The van der Waals surface area contributed by atoms with Crippen molar-refractivity contribution in [2.45, 2.75) is 13.3 Å². The van der Waals surface area contributed by atoms with Crippen molar-refractivity contribution in [3.8, 4) is 0 Å². The molecule has 0 aliphatic rings. The number of carbonyl (C=O) groups is 2. The Labute approximate surface area is 94.6 Å². The number of amides is 1. The number of hydrogen-bond donors (Lipinski definition) is 1. The first-order valence-electron chi connectivity index (χ1n) is 5.05. The molecule has 0 saturated heterocycles. The molecular formula is C12H15NO3. The highest BCUT2D eigenvalue weighted by molar-refractivity contribution is 5.89. The van der Waals surface area contributed by atoms with Gasteiger partial charge in [-0.15, -0.1) is 0 Å². The maximum Gasteiger partial charge on any atom is 0.337 e. The van der Waals surface area contributed by atoms with E-state index in [0.29, 0.717) is 12.1 Å². The zero-order valence-electron chi connectivity index (χ0n) is 9.45. The molecule has 0 aromatic heterocycles. The van der Waals surface area contributed by atoms with Crippen LogP contribution in [-0.4, -0.2) is 25.5 Å². The van der Waals surface area contributed by atoms with Crippen molar-refractivity contribution in [3.05, 3.63) is 35.4 Å². The monoisotopic (exact) mass is 221 g/mol. The standard InChI is InChI=1S/C12H15NO3/c1-9(14)13-8-7-10-3-5-11(6-4-10)12(15)16-2/h3-6H,7-8H2,1-2H3,(H,13,14). The smallest absolute Gasteiger partial charge is 0.337 e. The first-order chi connectivity index (χ1) is 7.63. The summed E-state index contributed by atoms with van der Waals surface area (Å²) < 4.78 is 4.59. The SMILES string of the molecule is COC(=O)c1ccc(CCNC(C)=O)cc1. The summed E-state index contributed by atoms with van der Waals surface area (Å²) in [4.78, 5) is 21.8. The molecule has 0 heterocycles. The number of hydrogen-bond acceptors (Lipinski definition) is 3. The van der Waals surface area contributed by atoms with Crippen molar-refractivity contribution in [3.63, 3.8) is 0 Å². The normalized spacial score (nSPS) is 9.62. The van der Waals surface area contributed by atoms with Crippen molar-refractivity contribution in [1.29, 1.82) is 0 Å². The molecule has 4 nitrogen and oxygen atoms in total. The van der Waals surface area contributed by atoms with Crippen LogP contribution in [-0.2, 0) is 16.0 Å². The Kier molecular flexibility index (Phi) is 4.51. The molecule has 0 aliphatic carbocycles. The van der Waals surface area contributed by atoms with Gasteiger partial charge in [0.15, 0.2) is 0 Å². The largest absolute Gasteiger partial charge is 0.465 e. The third-order valence-electron chi connectivity index (χ3n) is 2.16. The Morgan fingerprint density at radius 2 is 1.88 bits per heavy atom. The second-order valence-electron chi connectivity index (χ2n) is 3.42. The summed E-state index contributed by atoms with van der Waals surface area (Å²) >= 11 is 0. The number of benzene rings is 1. The van der Waals surface area contributed by atoms with Crippen LogP contribution in [0.25, 0.3) is 0 Å². The van der Waals surface area contributed by atoms with E-state index in [1.54, 1.807) is 12.1 Å². The van der Waals surface area contributed by atoms with Crippen LogP contribution in [0.15, 0.2) is 24.3 Å². The van der Waals surface area contributed by atoms with Crippen LogP contribution in [0.1, 0.15) is 22.8 Å². The summed E-state index contributed by atoms with van der Waals surface area (Å²) in [6, 6.07) is 7.14. The summed E-state index contributed by atoms with van der Waals surface area (Å²) in [5.41, 5.74) is 1.60.